The Kier molecular flexibility index (Phi) is 11.9. The van der Waals surface area contributed by atoms with Gasteiger partial charge in [0.15, 0.2) is 0 Å². The second kappa shape index (κ2) is 9.76. The van der Waals surface area contributed by atoms with E-state index in [1.54, 1.807) is 6.08 Å². The van der Waals surface area contributed by atoms with Crippen molar-refractivity contribution >= 4 is 19.3 Å². The molecule has 11 heavy (non-hydrogen) atoms. The van der Waals surface area contributed by atoms with Gasteiger partial charge in [0.2, 0.25) is 0 Å². The summed E-state index contributed by atoms with van der Waals surface area (Å²) >= 11 is 0. The first-order chi connectivity index (χ1) is 4.81. The van der Waals surface area contributed by atoms with E-state index in [4.69, 9.17) is 0 Å². The smallest absolute Gasteiger partial charge is 0.136 e. The summed E-state index contributed by atoms with van der Waals surface area (Å²) in [5.74, 6) is 0.323. The van der Waals surface area contributed by atoms with Crippen molar-refractivity contribution in [3.8, 4) is 0 Å². The van der Waals surface area contributed by atoms with E-state index in [0.29, 0.717) is 12.2 Å². The Morgan fingerprint density at radius 2 is 2.09 bits per heavy atom. The number of Topliss-reactive ketones (excluding diaryl/α,β-unsaturated/α-hetero) is 1. The second-order valence-electron chi connectivity index (χ2n) is 2.49. The topological polar surface area (TPSA) is 17.1 Å². The number of carbonyl (C=O) groups is 1. The van der Waals surface area contributed by atoms with Gasteiger partial charge in [-0.25, -0.2) is 0 Å². The minimum absolute atomic E-state index is 0. The molecule has 0 saturated carbocycles. The Balaban J connectivity index is 0. The van der Waals surface area contributed by atoms with Crippen LogP contribution in [0.15, 0.2) is 12.7 Å². The molecule has 0 aromatic rings. The summed E-state index contributed by atoms with van der Waals surface area (Å²) in [5, 5.41) is 0. The normalized spacial score (nSPS) is 8.45. The standard InChI is InChI=1S/C9H16O.S/c1-3-5-6-8-9(10)7-4-2;/h4H,2-3,5-8H2,1H3;. The van der Waals surface area contributed by atoms with Gasteiger partial charge >= 0.3 is 0 Å². The van der Waals surface area contributed by atoms with E-state index in [0.717, 1.165) is 12.8 Å². The van der Waals surface area contributed by atoms with Crippen LogP contribution in [-0.2, 0) is 4.79 Å². The molecule has 0 aromatic heterocycles. The summed E-state index contributed by atoms with van der Waals surface area (Å²) in [4.78, 5) is 10.8. The number of allylic oxidation sites excluding steroid dienone is 1. The lowest BCUT2D eigenvalue weighted by atomic mass is 10.1. The van der Waals surface area contributed by atoms with E-state index >= 15 is 0 Å². The van der Waals surface area contributed by atoms with Gasteiger partial charge < -0.3 is 0 Å². The fourth-order valence-electron chi connectivity index (χ4n) is 0.835. The Hall–Kier alpha value is -0.240. The monoisotopic (exact) mass is 172 g/mol. The van der Waals surface area contributed by atoms with Gasteiger partial charge in [0.25, 0.3) is 0 Å². The average Bonchev–Trinajstić information content (AvgIpc) is 1.89. The molecule has 1 nitrogen and oxygen atoms in total. The number of rotatable bonds is 6. The predicted molar refractivity (Wildman–Crippen MR) is 51.6 cm³/mol. The summed E-state index contributed by atoms with van der Waals surface area (Å²) in [6.45, 7) is 5.64. The van der Waals surface area contributed by atoms with Crippen LogP contribution in [0.3, 0.4) is 0 Å². The summed E-state index contributed by atoms with van der Waals surface area (Å²) in [6.07, 6.45) is 6.35. The molecule has 2 heteroatoms. The summed E-state index contributed by atoms with van der Waals surface area (Å²) in [7, 11) is 0. The number of carbonyl (C=O) groups excluding carboxylic acids is 1. The number of unbranched alkanes of at least 4 members (excludes halogenated alkanes) is 2. The molecule has 2 radical (unpaired) electrons. The molecule has 0 aliphatic heterocycles. The van der Waals surface area contributed by atoms with Crippen molar-refractivity contribution in [3.63, 3.8) is 0 Å². The Bertz CT molecular complexity index is 110. The second-order valence-corrected chi connectivity index (χ2v) is 2.49. The third-order valence-corrected chi connectivity index (χ3v) is 1.43. The molecule has 0 aliphatic carbocycles. The Morgan fingerprint density at radius 1 is 1.45 bits per heavy atom. The Morgan fingerprint density at radius 3 is 2.55 bits per heavy atom. The van der Waals surface area contributed by atoms with Gasteiger partial charge in [-0.2, -0.15) is 0 Å². The van der Waals surface area contributed by atoms with Gasteiger partial charge in [-0.1, -0.05) is 25.8 Å². The van der Waals surface area contributed by atoms with Crippen LogP contribution in [0.5, 0.6) is 0 Å². The molecule has 0 N–H and O–H groups in total. The fourth-order valence-corrected chi connectivity index (χ4v) is 0.835. The van der Waals surface area contributed by atoms with E-state index in [-0.39, 0.29) is 13.5 Å². The van der Waals surface area contributed by atoms with Crippen LogP contribution >= 0.6 is 13.5 Å². The van der Waals surface area contributed by atoms with Gasteiger partial charge in [0, 0.05) is 26.3 Å². The molecule has 0 atom stereocenters. The van der Waals surface area contributed by atoms with Crippen molar-refractivity contribution in [1.29, 1.82) is 0 Å². The Labute approximate surface area is 76.3 Å². The molecule has 0 rings (SSSR count). The van der Waals surface area contributed by atoms with Crippen LogP contribution in [0.25, 0.3) is 0 Å². The van der Waals surface area contributed by atoms with E-state index in [1.807, 2.05) is 0 Å². The molecule has 0 fully saturated rings. The average molecular weight is 172 g/mol. The first-order valence-corrected chi connectivity index (χ1v) is 3.93. The van der Waals surface area contributed by atoms with Gasteiger partial charge in [-0.15, -0.1) is 6.58 Å². The van der Waals surface area contributed by atoms with Gasteiger partial charge in [0.1, 0.15) is 5.78 Å². The maximum absolute atomic E-state index is 10.8. The van der Waals surface area contributed by atoms with Crippen LogP contribution in [0.4, 0.5) is 0 Å². The van der Waals surface area contributed by atoms with Crippen molar-refractivity contribution in [3.05, 3.63) is 12.7 Å². The lowest BCUT2D eigenvalue weighted by molar-refractivity contribution is -0.118. The zero-order valence-corrected chi connectivity index (χ0v) is 7.95. The van der Waals surface area contributed by atoms with Crippen LogP contribution in [-0.4, -0.2) is 5.78 Å². The van der Waals surface area contributed by atoms with Crippen LogP contribution in [0.1, 0.15) is 39.0 Å². The first kappa shape index (κ1) is 13.4. The number of hydrogen-bond donors (Lipinski definition) is 0. The third-order valence-electron chi connectivity index (χ3n) is 1.43. The SMILES string of the molecule is C=CCC(=O)CCCCC.[S]. The highest BCUT2D eigenvalue weighted by molar-refractivity contribution is 7.59. The van der Waals surface area contributed by atoms with Crippen molar-refractivity contribution in [1.82, 2.24) is 0 Å². The summed E-state index contributed by atoms with van der Waals surface area (Å²) in [6, 6.07) is 0. The minimum Gasteiger partial charge on any atom is -0.299 e. The predicted octanol–water partition coefficient (Wildman–Crippen LogP) is 3.36. The van der Waals surface area contributed by atoms with Crippen molar-refractivity contribution in [2.45, 2.75) is 39.0 Å². The molecule has 0 saturated heterocycles. The van der Waals surface area contributed by atoms with Gasteiger partial charge in [0.05, 0.1) is 0 Å². The maximum Gasteiger partial charge on any atom is 0.136 e. The molecular formula is C9H16OS. The van der Waals surface area contributed by atoms with E-state index in [1.165, 1.54) is 12.8 Å². The zero-order chi connectivity index (χ0) is 7.82. The third kappa shape index (κ3) is 9.76. The summed E-state index contributed by atoms with van der Waals surface area (Å²) < 4.78 is 0. The quantitative estimate of drug-likeness (QED) is 0.443. The molecule has 0 bridgehead atoms. The maximum atomic E-state index is 10.8. The largest absolute Gasteiger partial charge is 0.299 e. The van der Waals surface area contributed by atoms with Gasteiger partial charge in [-0.05, 0) is 6.42 Å². The molecule has 0 spiro atoms. The highest BCUT2D eigenvalue weighted by atomic mass is 32.1. The highest BCUT2D eigenvalue weighted by Crippen LogP contribution is 2.01. The molecular weight excluding hydrogens is 156 g/mol. The number of ketones is 1. The van der Waals surface area contributed by atoms with Crippen LogP contribution < -0.4 is 0 Å². The number of hydrogen-bond acceptors (Lipinski definition) is 1. The van der Waals surface area contributed by atoms with Crippen molar-refractivity contribution < 1.29 is 4.79 Å². The first-order valence-electron chi connectivity index (χ1n) is 3.93. The van der Waals surface area contributed by atoms with E-state index in [9.17, 15) is 4.79 Å². The van der Waals surface area contributed by atoms with Crippen molar-refractivity contribution in [2.75, 3.05) is 0 Å². The lowest BCUT2D eigenvalue weighted by Crippen LogP contribution is -1.94. The highest BCUT2D eigenvalue weighted by Gasteiger charge is 1.96. The molecule has 0 aromatic carbocycles. The van der Waals surface area contributed by atoms with Crippen LogP contribution in [0, 0.1) is 0 Å². The molecule has 0 heterocycles. The van der Waals surface area contributed by atoms with Crippen molar-refractivity contribution in [2.24, 2.45) is 0 Å². The van der Waals surface area contributed by atoms with Gasteiger partial charge in [-0.3, -0.25) is 4.79 Å². The fraction of sp³-hybridized carbons (Fsp3) is 0.667. The molecule has 0 aliphatic rings. The molecule has 0 amide bonds. The van der Waals surface area contributed by atoms with E-state index in [2.05, 4.69) is 13.5 Å². The molecule has 64 valence electrons. The lowest BCUT2D eigenvalue weighted by Gasteiger charge is -1.94. The zero-order valence-electron chi connectivity index (χ0n) is 7.14. The molecule has 0 unspecified atom stereocenters. The summed E-state index contributed by atoms with van der Waals surface area (Å²) in [5.41, 5.74) is 0. The minimum atomic E-state index is 0. The van der Waals surface area contributed by atoms with Crippen LogP contribution in [0.2, 0.25) is 0 Å². The van der Waals surface area contributed by atoms with E-state index < -0.39 is 0 Å².